The molecule has 2 aromatic carbocycles. The number of aryl methyl sites for hydroxylation is 2. The van der Waals surface area contributed by atoms with Crippen molar-refractivity contribution in [2.24, 2.45) is 7.05 Å². The number of piperidine rings is 1. The lowest BCUT2D eigenvalue weighted by Crippen LogP contribution is -2.44. The topological polar surface area (TPSA) is 173 Å². The Morgan fingerprint density at radius 2 is 1.85 bits per heavy atom. The number of nitrogens with one attached hydrogen (secondary N) is 2. The number of hydrogen-bond donors (Lipinski definition) is 3. The number of imidazole rings is 1. The number of allylic oxidation sites excluding steroid dienone is 1. The number of amides is 2. The van der Waals surface area contributed by atoms with E-state index in [0.29, 0.717) is 42.7 Å². The summed E-state index contributed by atoms with van der Waals surface area (Å²) in [6, 6.07) is 18.3. The number of fused-ring (bicyclic) bond motifs is 3. The van der Waals surface area contributed by atoms with Crippen LogP contribution in [-0.4, -0.2) is 88.4 Å². The largest absolute Gasteiger partial charge is 0.507 e. The molecule has 5 aromatic rings. The van der Waals surface area contributed by atoms with Gasteiger partial charge in [-0.15, -0.1) is 5.10 Å². The number of benzene rings is 2. The van der Waals surface area contributed by atoms with Gasteiger partial charge in [0.05, 0.1) is 34.5 Å². The summed E-state index contributed by atoms with van der Waals surface area (Å²) >= 11 is 0. The lowest BCUT2D eigenvalue weighted by Gasteiger charge is -2.34. The molecule has 3 N–H and O–H groups in total. The maximum absolute atomic E-state index is 13.2. The molecule has 0 aliphatic carbocycles. The third kappa shape index (κ3) is 7.39. The van der Waals surface area contributed by atoms with E-state index >= 15 is 0 Å². The van der Waals surface area contributed by atoms with E-state index in [1.807, 2.05) is 53.5 Å². The maximum atomic E-state index is 13.2. The number of aromatic nitrogens is 6. The van der Waals surface area contributed by atoms with Crippen molar-refractivity contribution in [2.75, 3.05) is 24.5 Å². The molecule has 0 saturated carbocycles. The Morgan fingerprint density at radius 1 is 1.00 bits per heavy atom. The molecule has 0 radical (unpaired) electrons. The molecular weight excluding hydrogens is 701 g/mol. The molecule has 3 saturated heterocycles. The van der Waals surface area contributed by atoms with Gasteiger partial charge in [0.2, 0.25) is 11.8 Å². The second-order valence-electron chi connectivity index (χ2n) is 14.6. The van der Waals surface area contributed by atoms with Crippen LogP contribution in [0.15, 0.2) is 83.9 Å². The van der Waals surface area contributed by atoms with Crippen LogP contribution in [0.3, 0.4) is 0 Å². The zero-order valence-electron chi connectivity index (χ0n) is 30.7. The summed E-state index contributed by atoms with van der Waals surface area (Å²) in [7, 11) is 1.72. The van der Waals surface area contributed by atoms with Gasteiger partial charge in [-0.05, 0) is 74.5 Å². The van der Waals surface area contributed by atoms with Crippen molar-refractivity contribution in [2.45, 2.75) is 69.7 Å². The quantitative estimate of drug-likeness (QED) is 0.0661. The Hall–Kier alpha value is -6.09. The number of nitrogens with zero attached hydrogens (tertiary/aromatic N) is 8. The molecule has 15 nitrogen and oxygen atoms in total. The van der Waals surface area contributed by atoms with E-state index in [2.05, 4.69) is 30.7 Å². The summed E-state index contributed by atoms with van der Waals surface area (Å²) < 4.78 is 4.93. The molecule has 15 heteroatoms. The van der Waals surface area contributed by atoms with Gasteiger partial charge in [0.25, 0.3) is 0 Å². The molecule has 55 heavy (non-hydrogen) atoms. The lowest BCUT2D eigenvalue weighted by molar-refractivity contribution is -0.135. The molecule has 0 spiro atoms. The maximum Gasteiger partial charge on any atom is 0.329 e. The lowest BCUT2D eigenvalue weighted by atomic mass is 10.1. The molecule has 3 aromatic heterocycles. The minimum absolute atomic E-state index is 0.00858. The molecular formula is C40H44N10O5. The van der Waals surface area contributed by atoms with Crippen LogP contribution in [0.5, 0.6) is 5.75 Å². The standard InChI is InChI=1S/C40H44N10O5/c1-46-38-26(8-6-12-32(38)50(40(46)55)33-15-16-37(53)43-39(33)54)21-41-18-5-4-9-28-23-48(45-44-28)22-27-10-7-14-36(42-27)49-25-29-20-30(49)24-47(29)19-17-35(52)31-11-2-3-13-34(31)51/h2-3,6-8,10-14,17,19,23,29-30,33,41,51H,4-5,9,15-16,18,20-22,24-25H2,1H3,(H,43,53,54)/b19-17+/t29-,30-,33?/m1/s1. The Balaban J connectivity index is 0.795. The van der Waals surface area contributed by atoms with Crippen molar-refractivity contribution in [3.05, 3.63) is 112 Å². The number of carbonyl (C=O) groups excluding carboxylic acids is 3. The summed E-state index contributed by atoms with van der Waals surface area (Å²) in [6.45, 7) is 3.51. The van der Waals surface area contributed by atoms with E-state index in [0.717, 1.165) is 73.6 Å². The van der Waals surface area contributed by atoms with Gasteiger partial charge in [0.1, 0.15) is 17.6 Å². The fraction of sp³-hybridized carbons (Fsp3) is 0.375. The SMILES string of the molecule is Cn1c(=O)n(C2CCC(=O)NC2=O)c2cccc(CNCCCCc3cn(Cc4cccc(N5C[C@H]6C[C@@H]5CN6/C=C/C(=O)c5ccccc5O)n4)nn3)c21. The highest BCUT2D eigenvalue weighted by atomic mass is 16.3. The summed E-state index contributed by atoms with van der Waals surface area (Å²) in [5, 5.41) is 24.6. The van der Waals surface area contributed by atoms with Crippen LogP contribution in [0.25, 0.3) is 11.0 Å². The molecule has 8 rings (SSSR count). The summed E-state index contributed by atoms with van der Waals surface area (Å²) in [5.41, 5.74) is 4.31. The Bertz CT molecular complexity index is 2340. The van der Waals surface area contributed by atoms with Crippen molar-refractivity contribution in [1.29, 1.82) is 0 Å². The van der Waals surface area contributed by atoms with E-state index in [-0.39, 0.29) is 29.6 Å². The number of piperazine rings is 1. The van der Waals surface area contributed by atoms with Gasteiger partial charge >= 0.3 is 5.69 Å². The third-order valence-electron chi connectivity index (χ3n) is 10.9. The number of pyridine rings is 1. The predicted molar refractivity (Wildman–Crippen MR) is 204 cm³/mol. The fourth-order valence-corrected chi connectivity index (χ4v) is 8.18. The number of carbonyl (C=O) groups is 3. The highest BCUT2D eigenvalue weighted by Crippen LogP contribution is 2.34. The fourth-order valence-electron chi connectivity index (χ4n) is 8.18. The van der Waals surface area contributed by atoms with Crippen LogP contribution < -0.4 is 21.2 Å². The van der Waals surface area contributed by atoms with Crippen LogP contribution in [-0.2, 0) is 36.1 Å². The number of rotatable bonds is 14. The van der Waals surface area contributed by atoms with Gasteiger partial charge in [-0.25, -0.2) is 14.5 Å². The summed E-state index contributed by atoms with van der Waals surface area (Å²) in [5.74, 6) is -0.0228. The van der Waals surface area contributed by atoms with Crippen molar-refractivity contribution in [3.63, 3.8) is 0 Å². The van der Waals surface area contributed by atoms with E-state index in [4.69, 9.17) is 4.98 Å². The molecule has 3 fully saturated rings. The summed E-state index contributed by atoms with van der Waals surface area (Å²) in [6.07, 6.45) is 9.56. The Kier molecular flexibility index (Phi) is 10.0. The van der Waals surface area contributed by atoms with Gasteiger partial charge < -0.3 is 20.2 Å². The monoisotopic (exact) mass is 744 g/mol. The van der Waals surface area contributed by atoms with Crippen molar-refractivity contribution < 1.29 is 19.5 Å². The number of phenolic OH excluding ortho intramolecular Hbond substituents is 1. The minimum Gasteiger partial charge on any atom is -0.507 e. The first-order valence-corrected chi connectivity index (χ1v) is 18.8. The van der Waals surface area contributed by atoms with E-state index in [1.165, 1.54) is 10.6 Å². The van der Waals surface area contributed by atoms with Gasteiger partial charge in [-0.1, -0.05) is 35.5 Å². The van der Waals surface area contributed by atoms with Crippen LogP contribution in [0.2, 0.25) is 0 Å². The van der Waals surface area contributed by atoms with Crippen LogP contribution in [0.1, 0.15) is 65.5 Å². The average Bonchev–Trinajstić information content (AvgIpc) is 3.97. The van der Waals surface area contributed by atoms with Crippen LogP contribution in [0.4, 0.5) is 5.82 Å². The first-order valence-electron chi connectivity index (χ1n) is 18.8. The number of ketones is 1. The number of aromatic hydroxyl groups is 1. The van der Waals surface area contributed by atoms with E-state index in [9.17, 15) is 24.3 Å². The zero-order chi connectivity index (χ0) is 38.1. The molecule has 6 heterocycles. The number of para-hydroxylation sites is 2. The number of likely N-dealkylation sites (tertiary alicyclic amines) is 1. The smallest absolute Gasteiger partial charge is 0.329 e. The number of unbranched alkanes of at least 4 members (excludes halogenated alkanes) is 1. The number of anilines is 1. The first kappa shape index (κ1) is 35.9. The summed E-state index contributed by atoms with van der Waals surface area (Å²) in [4.78, 5) is 59.6. The number of phenols is 1. The second-order valence-corrected chi connectivity index (χ2v) is 14.6. The molecule has 284 valence electrons. The molecule has 1 unspecified atom stereocenters. The van der Waals surface area contributed by atoms with Crippen LogP contribution >= 0.6 is 0 Å². The van der Waals surface area contributed by atoms with Gasteiger partial charge in [-0.3, -0.25) is 28.8 Å². The van der Waals surface area contributed by atoms with Crippen molar-refractivity contribution >= 4 is 34.4 Å². The predicted octanol–water partition coefficient (Wildman–Crippen LogP) is 2.83. The molecule has 3 atom stereocenters. The van der Waals surface area contributed by atoms with Crippen LogP contribution in [0, 0.1) is 0 Å². The Labute approximate surface area is 317 Å². The molecule has 3 aliphatic rings. The molecule has 3 aliphatic heterocycles. The van der Waals surface area contributed by atoms with Crippen molar-refractivity contribution in [1.82, 2.24) is 44.6 Å². The van der Waals surface area contributed by atoms with Gasteiger partial charge in [0, 0.05) is 63.7 Å². The number of imide groups is 1. The molecule has 2 bridgehead atoms. The van der Waals surface area contributed by atoms with Gasteiger partial charge in [0.15, 0.2) is 5.78 Å². The van der Waals surface area contributed by atoms with E-state index in [1.54, 1.807) is 35.9 Å². The average molecular weight is 745 g/mol. The Morgan fingerprint density at radius 3 is 2.67 bits per heavy atom. The van der Waals surface area contributed by atoms with Crippen molar-refractivity contribution in [3.8, 4) is 5.75 Å². The third-order valence-corrected chi connectivity index (χ3v) is 10.9. The molecule has 2 amide bonds. The normalized spacial score (nSPS) is 19.6. The van der Waals surface area contributed by atoms with E-state index < -0.39 is 11.9 Å². The van der Waals surface area contributed by atoms with Gasteiger partial charge in [-0.2, -0.15) is 0 Å². The highest BCUT2D eigenvalue weighted by molar-refractivity contribution is 6.06. The zero-order valence-corrected chi connectivity index (χ0v) is 30.7. The minimum atomic E-state index is -0.706. The number of hydrogen-bond acceptors (Lipinski definition) is 11. The highest BCUT2D eigenvalue weighted by Gasteiger charge is 2.42. The second kappa shape index (κ2) is 15.3. The first-order chi connectivity index (χ1) is 26.7.